The first kappa shape index (κ1) is 6.57. The van der Waals surface area contributed by atoms with Crippen LogP contribution in [0.15, 0.2) is 54.6 Å². The minimum Gasteiger partial charge on any atom is -0.289 e. The van der Waals surface area contributed by atoms with Crippen LogP contribution < -0.4 is 0 Å². The summed E-state index contributed by atoms with van der Waals surface area (Å²) in [7, 11) is 0. The summed E-state index contributed by atoms with van der Waals surface area (Å²) in [6.07, 6.45) is 0. The van der Waals surface area contributed by atoms with Crippen LogP contribution in [-0.4, -0.2) is 5.78 Å². The fraction of sp³-hybridized carbons (Fsp3) is 0.0714. The van der Waals surface area contributed by atoms with Crippen LogP contribution in [-0.2, 0) is 0 Å². The summed E-state index contributed by atoms with van der Waals surface area (Å²) >= 11 is 0. The molecule has 0 aromatic heterocycles. The van der Waals surface area contributed by atoms with Gasteiger partial charge in [0.15, 0.2) is 5.78 Å². The van der Waals surface area contributed by atoms with Crippen LogP contribution in [0.3, 0.4) is 0 Å². The lowest BCUT2D eigenvalue weighted by molar-refractivity contribution is 0.103. The van der Waals surface area contributed by atoms with Crippen molar-refractivity contribution in [3.05, 3.63) is 71.3 Å². The first-order chi connectivity index (χ1) is 8.48. The zero-order chi connectivity index (χ0) is 13.2. The number of carbonyl (C=O) groups excluding carboxylic acids is 1. The van der Waals surface area contributed by atoms with Gasteiger partial charge in [0.25, 0.3) is 0 Å². The highest BCUT2D eigenvalue weighted by molar-refractivity contribution is 6.09. The zero-order valence-electron chi connectivity index (χ0n) is 11.1. The molecule has 74 valence electrons. The third-order valence-corrected chi connectivity index (χ3v) is 2.16. The maximum atomic E-state index is 12.1. The molecule has 1 nitrogen and oxygen atoms in total. The molecule has 0 aliphatic rings. The standard InChI is InChI=1S/C14H12O/c1-11-6-5-9-13(10-11)14(15)12-7-3-2-4-8-12/h2-10H,1H3/i1D3. The first-order valence-corrected chi connectivity index (χ1v) is 4.69. The van der Waals surface area contributed by atoms with Crippen molar-refractivity contribution in [2.24, 2.45) is 0 Å². The maximum absolute atomic E-state index is 12.1. The van der Waals surface area contributed by atoms with Gasteiger partial charge in [-0.1, -0.05) is 54.1 Å². The fourth-order valence-corrected chi connectivity index (χ4v) is 1.42. The Labute approximate surface area is 93.6 Å². The van der Waals surface area contributed by atoms with Crippen molar-refractivity contribution in [1.29, 1.82) is 0 Å². The Morgan fingerprint density at radius 3 is 2.47 bits per heavy atom. The smallest absolute Gasteiger partial charge is 0.193 e. The van der Waals surface area contributed by atoms with Crippen molar-refractivity contribution in [2.75, 3.05) is 0 Å². The van der Waals surface area contributed by atoms with Crippen molar-refractivity contribution in [1.82, 2.24) is 0 Å². The molecule has 0 aliphatic heterocycles. The second-order valence-electron chi connectivity index (χ2n) is 3.28. The summed E-state index contributed by atoms with van der Waals surface area (Å²) in [5.74, 6) is -0.165. The molecule has 0 N–H and O–H groups in total. The number of hydrogen-bond donors (Lipinski definition) is 0. The van der Waals surface area contributed by atoms with Gasteiger partial charge in [0, 0.05) is 15.2 Å². The van der Waals surface area contributed by atoms with Crippen LogP contribution >= 0.6 is 0 Å². The van der Waals surface area contributed by atoms with Crippen molar-refractivity contribution in [3.63, 3.8) is 0 Å². The number of ketones is 1. The van der Waals surface area contributed by atoms with E-state index in [0.717, 1.165) is 0 Å². The Hall–Kier alpha value is -1.89. The summed E-state index contributed by atoms with van der Waals surface area (Å²) in [5, 5.41) is 0. The van der Waals surface area contributed by atoms with Crippen LogP contribution in [0, 0.1) is 6.85 Å². The van der Waals surface area contributed by atoms with Crippen LogP contribution in [0.4, 0.5) is 0 Å². The summed E-state index contributed by atoms with van der Waals surface area (Å²) < 4.78 is 22.0. The molecule has 0 saturated heterocycles. The van der Waals surface area contributed by atoms with Gasteiger partial charge < -0.3 is 0 Å². The second kappa shape index (κ2) is 4.09. The molecule has 0 unspecified atom stereocenters. The summed E-state index contributed by atoms with van der Waals surface area (Å²) in [4.78, 5) is 12.1. The normalized spacial score (nSPS) is 13.7. The highest BCUT2D eigenvalue weighted by Gasteiger charge is 2.07. The Balaban J connectivity index is 2.38. The highest BCUT2D eigenvalue weighted by Crippen LogP contribution is 2.10. The van der Waals surface area contributed by atoms with Gasteiger partial charge in [-0.15, -0.1) is 0 Å². The monoisotopic (exact) mass is 199 g/mol. The lowest BCUT2D eigenvalue weighted by Gasteiger charge is -2.01. The topological polar surface area (TPSA) is 17.1 Å². The van der Waals surface area contributed by atoms with Crippen LogP contribution in [0.2, 0.25) is 0 Å². The van der Waals surface area contributed by atoms with Crippen molar-refractivity contribution >= 4 is 5.78 Å². The largest absolute Gasteiger partial charge is 0.289 e. The van der Waals surface area contributed by atoms with Gasteiger partial charge >= 0.3 is 0 Å². The van der Waals surface area contributed by atoms with Crippen molar-refractivity contribution < 1.29 is 8.91 Å². The Morgan fingerprint density at radius 1 is 1.00 bits per heavy atom. The SMILES string of the molecule is [2H]C([2H])([2H])c1cccc(C(=O)c2ccccc2)c1. The molecule has 2 rings (SSSR count). The molecule has 0 saturated carbocycles. The molecule has 0 bridgehead atoms. The van der Waals surface area contributed by atoms with Crippen molar-refractivity contribution in [3.8, 4) is 0 Å². The maximum Gasteiger partial charge on any atom is 0.193 e. The van der Waals surface area contributed by atoms with Crippen LogP contribution in [0.25, 0.3) is 0 Å². The van der Waals surface area contributed by atoms with Crippen LogP contribution in [0.5, 0.6) is 0 Å². The Kier molecular flexibility index (Phi) is 1.79. The minimum absolute atomic E-state index is 0.165. The average Bonchev–Trinajstić information content (AvgIpc) is 2.38. The second-order valence-corrected chi connectivity index (χ2v) is 3.28. The highest BCUT2D eigenvalue weighted by atomic mass is 16.1. The van der Waals surface area contributed by atoms with Gasteiger partial charge in [-0.05, 0) is 12.9 Å². The Bertz CT molecular complexity index is 559. The molecule has 2 aromatic carbocycles. The third-order valence-electron chi connectivity index (χ3n) is 2.16. The minimum atomic E-state index is -2.19. The molecule has 1 heteroatoms. The molecule has 0 heterocycles. The molecule has 15 heavy (non-hydrogen) atoms. The molecule has 0 fully saturated rings. The predicted molar refractivity (Wildman–Crippen MR) is 61.1 cm³/mol. The van der Waals surface area contributed by atoms with Crippen LogP contribution in [0.1, 0.15) is 25.6 Å². The van der Waals surface area contributed by atoms with E-state index in [4.69, 9.17) is 4.11 Å². The van der Waals surface area contributed by atoms with E-state index in [0.29, 0.717) is 11.1 Å². The molecule has 0 aliphatic carbocycles. The van der Waals surface area contributed by atoms with E-state index in [1.807, 2.05) is 6.07 Å². The Morgan fingerprint density at radius 2 is 1.73 bits per heavy atom. The summed E-state index contributed by atoms with van der Waals surface area (Å²) in [5.41, 5.74) is 1.14. The van der Waals surface area contributed by atoms with E-state index in [2.05, 4.69) is 0 Å². The molecule has 0 spiro atoms. The van der Waals surface area contributed by atoms with Gasteiger partial charge in [0.1, 0.15) is 0 Å². The van der Waals surface area contributed by atoms with Crippen molar-refractivity contribution in [2.45, 2.75) is 6.85 Å². The van der Waals surface area contributed by atoms with Gasteiger partial charge in [0.05, 0.1) is 0 Å². The van der Waals surface area contributed by atoms with Gasteiger partial charge in [0.2, 0.25) is 0 Å². The predicted octanol–water partition coefficient (Wildman–Crippen LogP) is 3.23. The number of benzene rings is 2. The summed E-state index contributed by atoms with van der Waals surface area (Å²) in [6, 6.07) is 15.0. The number of aryl methyl sites for hydroxylation is 1. The fourth-order valence-electron chi connectivity index (χ4n) is 1.42. The van der Waals surface area contributed by atoms with E-state index in [9.17, 15) is 4.79 Å². The lowest BCUT2D eigenvalue weighted by Crippen LogP contribution is -2.00. The number of rotatable bonds is 2. The molecule has 0 radical (unpaired) electrons. The van der Waals surface area contributed by atoms with E-state index < -0.39 is 6.85 Å². The summed E-state index contributed by atoms with van der Waals surface area (Å²) in [6.45, 7) is -2.19. The third kappa shape index (κ3) is 2.13. The number of carbonyl (C=O) groups is 1. The molecule has 0 atom stereocenters. The van der Waals surface area contributed by atoms with E-state index >= 15 is 0 Å². The zero-order valence-corrected chi connectivity index (χ0v) is 8.10. The van der Waals surface area contributed by atoms with E-state index in [1.54, 1.807) is 36.4 Å². The van der Waals surface area contributed by atoms with Gasteiger partial charge in [-0.2, -0.15) is 0 Å². The van der Waals surface area contributed by atoms with E-state index in [1.165, 1.54) is 12.1 Å². The molecule has 2 aromatic rings. The molecular formula is C14H12O. The van der Waals surface area contributed by atoms with E-state index in [-0.39, 0.29) is 11.3 Å². The quantitative estimate of drug-likeness (QED) is 0.679. The molecular weight excluding hydrogens is 184 g/mol. The first-order valence-electron chi connectivity index (χ1n) is 6.19. The van der Waals surface area contributed by atoms with Gasteiger partial charge in [-0.25, -0.2) is 0 Å². The van der Waals surface area contributed by atoms with Gasteiger partial charge in [-0.3, -0.25) is 4.79 Å². The average molecular weight is 199 g/mol. The number of hydrogen-bond acceptors (Lipinski definition) is 1. The lowest BCUT2D eigenvalue weighted by atomic mass is 10.0. The molecule has 0 amide bonds.